The number of anilines is 2. The second-order valence-corrected chi connectivity index (χ2v) is 8.65. The van der Waals surface area contributed by atoms with Crippen molar-refractivity contribution in [3.8, 4) is 0 Å². The minimum atomic E-state index is -4.63. The normalized spacial score (nSPS) is 15.0. The van der Waals surface area contributed by atoms with E-state index in [1.165, 1.54) is 30.3 Å². The molecule has 2 aromatic carbocycles. The summed E-state index contributed by atoms with van der Waals surface area (Å²) in [4.78, 5) is 12.3. The van der Waals surface area contributed by atoms with Gasteiger partial charge in [0.1, 0.15) is 0 Å². The maximum absolute atomic E-state index is 13.2. The first-order chi connectivity index (χ1) is 14.6. The molecule has 1 fully saturated rings. The van der Waals surface area contributed by atoms with E-state index in [2.05, 4.69) is 4.72 Å². The van der Waals surface area contributed by atoms with Gasteiger partial charge in [-0.1, -0.05) is 12.1 Å². The van der Waals surface area contributed by atoms with Crippen LogP contribution in [0.25, 0.3) is 0 Å². The predicted molar refractivity (Wildman–Crippen MR) is 108 cm³/mol. The molecule has 1 aliphatic heterocycles. The maximum Gasteiger partial charge on any atom is 0.416 e. The van der Waals surface area contributed by atoms with E-state index in [1.54, 1.807) is 4.90 Å². The van der Waals surface area contributed by atoms with Crippen LogP contribution in [0.5, 0.6) is 0 Å². The highest BCUT2D eigenvalue weighted by molar-refractivity contribution is 7.92. The van der Waals surface area contributed by atoms with Crippen LogP contribution < -0.4 is 9.62 Å². The number of benzene rings is 2. The fourth-order valence-electron chi connectivity index (χ4n) is 3.16. The lowest BCUT2D eigenvalue weighted by Crippen LogP contribution is -2.36. The van der Waals surface area contributed by atoms with Gasteiger partial charge in [0.15, 0.2) is 0 Å². The number of sulfonamides is 1. The number of ether oxygens (including phenoxy) is 1. The van der Waals surface area contributed by atoms with Crippen LogP contribution in [0, 0.1) is 0 Å². The van der Waals surface area contributed by atoms with Gasteiger partial charge in [0.25, 0.3) is 10.0 Å². The van der Waals surface area contributed by atoms with Crippen molar-refractivity contribution in [2.45, 2.75) is 23.9 Å². The number of carboxylic acid groups (broad SMARTS) is 1. The zero-order chi connectivity index (χ0) is 22.6. The number of nitrogens with zero attached hydrogens (tertiary/aromatic N) is 1. The molecule has 7 nitrogen and oxygen atoms in total. The molecular weight excluding hydrogens is 437 g/mol. The Morgan fingerprint density at radius 1 is 1.10 bits per heavy atom. The highest BCUT2D eigenvalue weighted by Gasteiger charge is 2.32. The Balaban J connectivity index is 1.90. The zero-order valence-electron chi connectivity index (χ0n) is 16.4. The van der Waals surface area contributed by atoms with Gasteiger partial charge in [-0.25, -0.2) is 8.42 Å². The molecule has 1 saturated heterocycles. The van der Waals surface area contributed by atoms with Crippen molar-refractivity contribution in [3.63, 3.8) is 0 Å². The summed E-state index contributed by atoms with van der Waals surface area (Å²) >= 11 is 0. The number of hydrogen-bond donors (Lipinski definition) is 2. The number of nitrogens with one attached hydrogen (secondary N) is 1. The van der Waals surface area contributed by atoms with Crippen LogP contribution in [-0.4, -0.2) is 45.8 Å². The topological polar surface area (TPSA) is 95.9 Å². The molecule has 1 heterocycles. The van der Waals surface area contributed by atoms with Gasteiger partial charge >= 0.3 is 12.1 Å². The Morgan fingerprint density at radius 2 is 1.74 bits per heavy atom. The molecule has 0 bridgehead atoms. The zero-order valence-corrected chi connectivity index (χ0v) is 17.2. The van der Waals surface area contributed by atoms with Crippen LogP contribution >= 0.6 is 0 Å². The molecule has 0 aliphatic carbocycles. The Kier molecular flexibility index (Phi) is 6.75. The van der Waals surface area contributed by atoms with Crippen LogP contribution in [-0.2, 0) is 32.2 Å². The van der Waals surface area contributed by atoms with E-state index >= 15 is 0 Å². The number of alkyl halides is 3. The average molecular weight is 458 g/mol. The highest BCUT2D eigenvalue weighted by atomic mass is 32.2. The van der Waals surface area contributed by atoms with Crippen molar-refractivity contribution in [1.82, 2.24) is 0 Å². The molecule has 0 spiro atoms. The van der Waals surface area contributed by atoms with Gasteiger partial charge in [-0.15, -0.1) is 0 Å². The Bertz CT molecular complexity index is 1030. The number of carboxylic acids is 1. The third kappa shape index (κ3) is 5.88. The minimum Gasteiger partial charge on any atom is -0.481 e. The quantitative estimate of drug-likeness (QED) is 0.661. The molecule has 0 aromatic heterocycles. The van der Waals surface area contributed by atoms with E-state index in [0.29, 0.717) is 37.6 Å². The van der Waals surface area contributed by atoms with E-state index in [0.717, 1.165) is 12.1 Å². The largest absolute Gasteiger partial charge is 0.481 e. The standard InChI is InChI=1S/C20H21F3N2O5S/c21-20(22,23)15-4-7-18(25-9-11-30-12-10-25)17(13-15)24-31(28,29)16-5-1-14(2-6-16)3-8-19(26)27/h1-2,4-7,13,24H,3,8-12H2,(H,26,27). The summed E-state index contributed by atoms with van der Waals surface area (Å²) in [5.74, 6) is -0.974. The summed E-state index contributed by atoms with van der Waals surface area (Å²) in [5, 5.41) is 8.74. The van der Waals surface area contributed by atoms with Gasteiger partial charge in [0, 0.05) is 19.5 Å². The van der Waals surface area contributed by atoms with Crippen LogP contribution in [0.15, 0.2) is 47.4 Å². The van der Waals surface area contributed by atoms with Gasteiger partial charge in [-0.2, -0.15) is 13.2 Å². The summed E-state index contributed by atoms with van der Waals surface area (Å²) in [7, 11) is -4.18. The average Bonchev–Trinajstić information content (AvgIpc) is 2.72. The lowest BCUT2D eigenvalue weighted by molar-refractivity contribution is -0.138. The fourth-order valence-corrected chi connectivity index (χ4v) is 4.23. The first-order valence-corrected chi connectivity index (χ1v) is 10.9. The van der Waals surface area contributed by atoms with E-state index in [-0.39, 0.29) is 23.4 Å². The predicted octanol–water partition coefficient (Wildman–Crippen LogP) is 3.36. The molecule has 0 amide bonds. The number of morpholine rings is 1. The number of halogens is 3. The molecule has 2 aromatic rings. The number of hydrogen-bond acceptors (Lipinski definition) is 5. The van der Waals surface area contributed by atoms with Crippen molar-refractivity contribution in [2.75, 3.05) is 35.9 Å². The molecule has 11 heteroatoms. The second-order valence-electron chi connectivity index (χ2n) is 6.97. The third-order valence-corrected chi connectivity index (χ3v) is 6.16. The molecule has 3 rings (SSSR count). The monoisotopic (exact) mass is 458 g/mol. The van der Waals surface area contributed by atoms with Crippen LogP contribution in [0.1, 0.15) is 17.5 Å². The van der Waals surface area contributed by atoms with E-state index in [1.807, 2.05) is 0 Å². The molecular formula is C20H21F3N2O5S. The van der Waals surface area contributed by atoms with Crippen molar-refractivity contribution >= 4 is 27.4 Å². The summed E-state index contributed by atoms with van der Waals surface area (Å²) in [6, 6.07) is 8.49. The smallest absolute Gasteiger partial charge is 0.416 e. The summed E-state index contributed by atoms with van der Waals surface area (Å²) in [5.41, 5.74) is -0.176. The van der Waals surface area contributed by atoms with Crippen LogP contribution in [0.2, 0.25) is 0 Å². The summed E-state index contributed by atoms with van der Waals surface area (Å²) in [6.07, 6.45) is -4.50. The number of rotatable bonds is 7. The fraction of sp³-hybridized carbons (Fsp3) is 0.350. The van der Waals surface area contributed by atoms with Gasteiger partial charge < -0.3 is 14.7 Å². The molecule has 31 heavy (non-hydrogen) atoms. The Hall–Kier alpha value is -2.79. The van der Waals surface area contributed by atoms with Crippen molar-refractivity contribution < 1.29 is 36.2 Å². The molecule has 2 N–H and O–H groups in total. The number of carbonyl (C=O) groups is 1. The SMILES string of the molecule is O=C(O)CCc1ccc(S(=O)(=O)Nc2cc(C(F)(F)F)ccc2N2CCOCC2)cc1. The van der Waals surface area contributed by atoms with Gasteiger partial charge in [-0.05, 0) is 42.3 Å². The van der Waals surface area contributed by atoms with Gasteiger partial charge in [0.05, 0.1) is 35.0 Å². The Morgan fingerprint density at radius 3 is 2.32 bits per heavy atom. The summed E-state index contributed by atoms with van der Waals surface area (Å²) < 4.78 is 72.9. The Labute approximate surface area is 177 Å². The van der Waals surface area contributed by atoms with Crippen molar-refractivity contribution in [1.29, 1.82) is 0 Å². The lowest BCUT2D eigenvalue weighted by Gasteiger charge is -2.31. The molecule has 1 aliphatic rings. The van der Waals surface area contributed by atoms with E-state index in [4.69, 9.17) is 9.84 Å². The third-order valence-electron chi connectivity index (χ3n) is 4.78. The van der Waals surface area contributed by atoms with Crippen molar-refractivity contribution in [3.05, 3.63) is 53.6 Å². The van der Waals surface area contributed by atoms with Gasteiger partial charge in [-0.3, -0.25) is 9.52 Å². The van der Waals surface area contributed by atoms with Crippen LogP contribution in [0.4, 0.5) is 24.5 Å². The summed E-state index contributed by atoms with van der Waals surface area (Å²) in [6.45, 7) is 1.59. The molecule has 168 valence electrons. The number of aryl methyl sites for hydroxylation is 1. The van der Waals surface area contributed by atoms with E-state index < -0.39 is 27.7 Å². The van der Waals surface area contributed by atoms with Crippen molar-refractivity contribution in [2.24, 2.45) is 0 Å². The highest BCUT2D eigenvalue weighted by Crippen LogP contribution is 2.36. The van der Waals surface area contributed by atoms with Gasteiger partial charge in [0.2, 0.25) is 0 Å². The molecule has 0 unspecified atom stereocenters. The molecule has 0 saturated carbocycles. The first-order valence-electron chi connectivity index (χ1n) is 9.44. The minimum absolute atomic E-state index is 0.0997. The first kappa shape index (κ1) is 22.9. The molecule has 0 radical (unpaired) electrons. The second kappa shape index (κ2) is 9.15. The maximum atomic E-state index is 13.2. The van der Waals surface area contributed by atoms with E-state index in [9.17, 15) is 26.4 Å². The van der Waals surface area contributed by atoms with Crippen LogP contribution in [0.3, 0.4) is 0 Å². The number of aliphatic carboxylic acids is 1. The lowest BCUT2D eigenvalue weighted by atomic mass is 10.1. The molecule has 0 atom stereocenters.